The fourth-order valence-electron chi connectivity index (χ4n) is 3.05. The van der Waals surface area contributed by atoms with Gasteiger partial charge in [0.2, 0.25) is 0 Å². The van der Waals surface area contributed by atoms with Crippen LogP contribution in [0.2, 0.25) is 5.02 Å². The average molecular weight is 446 g/mol. The summed E-state index contributed by atoms with van der Waals surface area (Å²) in [5.74, 6) is 0. The highest BCUT2D eigenvalue weighted by Crippen LogP contribution is 2.35. The second-order valence-corrected chi connectivity index (χ2v) is 8.58. The Kier molecular flexibility index (Phi) is 4.69. The van der Waals surface area contributed by atoms with Crippen LogP contribution in [-0.2, 0) is 6.54 Å². The lowest BCUT2D eigenvalue weighted by Gasteiger charge is -2.07. The lowest BCUT2D eigenvalue weighted by atomic mass is 10.0. The van der Waals surface area contributed by atoms with Crippen molar-refractivity contribution in [2.45, 2.75) is 13.5 Å². The van der Waals surface area contributed by atoms with E-state index < -0.39 is 0 Å². The van der Waals surface area contributed by atoms with E-state index in [9.17, 15) is 4.79 Å². The summed E-state index contributed by atoms with van der Waals surface area (Å²) in [6.07, 6.45) is 1.63. The first-order chi connectivity index (χ1) is 12.5. The van der Waals surface area contributed by atoms with Crippen molar-refractivity contribution < 1.29 is 0 Å². The summed E-state index contributed by atoms with van der Waals surface area (Å²) < 4.78 is 2.65. The Labute approximate surface area is 168 Å². The minimum atomic E-state index is -0.0238. The third-order valence-corrected chi connectivity index (χ3v) is 5.99. The summed E-state index contributed by atoms with van der Waals surface area (Å²) in [5, 5.41) is 1.35. The van der Waals surface area contributed by atoms with Gasteiger partial charge in [-0.1, -0.05) is 51.8 Å². The molecule has 0 saturated heterocycles. The van der Waals surface area contributed by atoms with Crippen molar-refractivity contribution in [3.63, 3.8) is 0 Å². The van der Waals surface area contributed by atoms with Gasteiger partial charge in [-0.25, -0.2) is 4.98 Å². The molecule has 0 saturated carbocycles. The molecule has 0 radical (unpaired) electrons. The summed E-state index contributed by atoms with van der Waals surface area (Å²) in [5.41, 5.74) is 2.95. The summed E-state index contributed by atoms with van der Waals surface area (Å²) in [6.45, 7) is 2.50. The molecular formula is C20H14BrClN2OS. The quantitative estimate of drug-likeness (QED) is 0.393. The Morgan fingerprint density at radius 2 is 1.96 bits per heavy atom. The van der Waals surface area contributed by atoms with Gasteiger partial charge in [-0.3, -0.25) is 9.36 Å². The number of aryl methyl sites for hydroxylation is 1. The highest BCUT2D eigenvalue weighted by Gasteiger charge is 2.17. The van der Waals surface area contributed by atoms with E-state index in [-0.39, 0.29) is 5.56 Å². The van der Waals surface area contributed by atoms with E-state index >= 15 is 0 Å². The van der Waals surface area contributed by atoms with Crippen molar-refractivity contribution in [3.05, 3.63) is 85.1 Å². The fraction of sp³-hybridized carbons (Fsp3) is 0.100. The van der Waals surface area contributed by atoms with Gasteiger partial charge >= 0.3 is 0 Å². The second kappa shape index (κ2) is 6.99. The smallest absolute Gasteiger partial charge is 0.263 e. The van der Waals surface area contributed by atoms with Gasteiger partial charge in [-0.2, -0.15) is 0 Å². The summed E-state index contributed by atoms with van der Waals surface area (Å²) >= 11 is 11.0. The van der Waals surface area contributed by atoms with E-state index in [1.807, 2.05) is 55.5 Å². The molecule has 26 heavy (non-hydrogen) atoms. The molecule has 4 aromatic rings. The van der Waals surface area contributed by atoms with Gasteiger partial charge in [0.15, 0.2) is 0 Å². The third-order valence-electron chi connectivity index (χ3n) is 4.23. The zero-order valence-electron chi connectivity index (χ0n) is 13.9. The molecule has 0 spiro atoms. The van der Waals surface area contributed by atoms with Crippen LogP contribution in [-0.4, -0.2) is 9.55 Å². The van der Waals surface area contributed by atoms with E-state index in [2.05, 4.69) is 20.9 Å². The molecule has 6 heteroatoms. The Balaban J connectivity index is 1.88. The highest BCUT2D eigenvalue weighted by atomic mass is 79.9. The zero-order chi connectivity index (χ0) is 18.3. The minimum absolute atomic E-state index is 0.0238. The van der Waals surface area contributed by atoms with Gasteiger partial charge in [0.1, 0.15) is 4.83 Å². The van der Waals surface area contributed by atoms with E-state index in [0.29, 0.717) is 17.0 Å². The van der Waals surface area contributed by atoms with Crippen LogP contribution < -0.4 is 5.56 Å². The Bertz CT molecular complexity index is 1160. The number of rotatable bonds is 3. The number of hydrogen-bond acceptors (Lipinski definition) is 3. The maximum atomic E-state index is 13.2. The van der Waals surface area contributed by atoms with E-state index in [1.54, 1.807) is 22.2 Å². The zero-order valence-corrected chi connectivity index (χ0v) is 17.0. The predicted octanol–water partition coefficient (Wildman–Crippen LogP) is 5.90. The maximum absolute atomic E-state index is 13.2. The van der Waals surface area contributed by atoms with Crippen molar-refractivity contribution >= 4 is 49.1 Å². The van der Waals surface area contributed by atoms with Crippen molar-refractivity contribution in [2.24, 2.45) is 0 Å². The van der Waals surface area contributed by atoms with Crippen LogP contribution in [0, 0.1) is 6.92 Å². The summed E-state index contributed by atoms with van der Waals surface area (Å²) in [4.78, 5) is 19.6. The molecule has 2 heterocycles. The number of thiophene rings is 1. The van der Waals surface area contributed by atoms with Gasteiger partial charge in [0, 0.05) is 19.9 Å². The number of hydrogen-bond donors (Lipinski definition) is 0. The molecule has 3 nitrogen and oxygen atoms in total. The van der Waals surface area contributed by atoms with Crippen LogP contribution >= 0.6 is 38.9 Å². The first kappa shape index (κ1) is 17.5. The van der Waals surface area contributed by atoms with Crippen LogP contribution in [0.4, 0.5) is 0 Å². The molecule has 0 atom stereocenters. The largest absolute Gasteiger partial charge is 0.294 e. The number of nitrogens with zero attached hydrogens (tertiary/aromatic N) is 2. The van der Waals surface area contributed by atoms with Crippen LogP contribution in [0.3, 0.4) is 0 Å². The third kappa shape index (κ3) is 3.22. The first-order valence-electron chi connectivity index (χ1n) is 8.02. The molecule has 0 unspecified atom stereocenters. The summed E-state index contributed by atoms with van der Waals surface area (Å²) in [6, 6.07) is 15.5. The van der Waals surface area contributed by atoms with Crippen molar-refractivity contribution in [1.29, 1.82) is 0 Å². The number of fused-ring (bicyclic) bond motifs is 1. The predicted molar refractivity (Wildman–Crippen MR) is 112 cm³/mol. The van der Waals surface area contributed by atoms with Crippen molar-refractivity contribution in [3.8, 4) is 11.1 Å². The number of halogens is 2. The molecule has 2 aromatic heterocycles. The van der Waals surface area contributed by atoms with Crippen molar-refractivity contribution in [2.75, 3.05) is 0 Å². The first-order valence-corrected chi connectivity index (χ1v) is 10.0. The van der Waals surface area contributed by atoms with E-state index in [1.165, 1.54) is 0 Å². The molecule has 0 aliphatic carbocycles. The van der Waals surface area contributed by atoms with Crippen molar-refractivity contribution in [1.82, 2.24) is 9.55 Å². The van der Waals surface area contributed by atoms with Gasteiger partial charge in [0.05, 0.1) is 18.3 Å². The fourth-order valence-corrected chi connectivity index (χ4v) is 4.62. The van der Waals surface area contributed by atoms with Crippen LogP contribution in [0.25, 0.3) is 21.3 Å². The maximum Gasteiger partial charge on any atom is 0.263 e. The molecule has 130 valence electrons. The van der Waals surface area contributed by atoms with E-state index in [0.717, 1.165) is 30.9 Å². The van der Waals surface area contributed by atoms with E-state index in [4.69, 9.17) is 11.6 Å². The second-order valence-electron chi connectivity index (χ2n) is 6.03. The minimum Gasteiger partial charge on any atom is -0.294 e. The molecule has 0 fully saturated rings. The molecule has 0 N–H and O–H groups in total. The van der Waals surface area contributed by atoms with Gasteiger partial charge in [-0.05, 0) is 42.3 Å². The Morgan fingerprint density at radius 3 is 2.69 bits per heavy atom. The highest BCUT2D eigenvalue weighted by molar-refractivity contribution is 9.10. The number of benzene rings is 2. The SMILES string of the molecule is Cc1sc2ncn(Cc3cccc(Br)c3)c(=O)c2c1-c1ccc(Cl)cc1. The lowest BCUT2D eigenvalue weighted by molar-refractivity contribution is 0.749. The molecule has 2 aromatic carbocycles. The van der Waals surface area contributed by atoms with Gasteiger partial charge < -0.3 is 0 Å². The monoisotopic (exact) mass is 444 g/mol. The molecule has 0 amide bonds. The average Bonchev–Trinajstić information content (AvgIpc) is 2.95. The van der Waals surface area contributed by atoms with Gasteiger partial charge in [-0.15, -0.1) is 11.3 Å². The van der Waals surface area contributed by atoms with Crippen LogP contribution in [0.5, 0.6) is 0 Å². The Hall–Kier alpha value is -1.95. The molecule has 0 aliphatic heterocycles. The Morgan fingerprint density at radius 1 is 1.19 bits per heavy atom. The molecule has 4 rings (SSSR count). The standard InChI is InChI=1S/C20H14BrClN2OS/c1-12-17(14-5-7-16(22)8-6-14)18-19(26-12)23-11-24(20(18)25)10-13-3-2-4-15(21)9-13/h2-9,11H,10H2,1H3. The van der Waals surface area contributed by atoms with Crippen LogP contribution in [0.1, 0.15) is 10.4 Å². The normalized spacial score (nSPS) is 11.2. The topological polar surface area (TPSA) is 34.9 Å². The molecule has 0 bridgehead atoms. The molecule has 0 aliphatic rings. The molecular weight excluding hydrogens is 432 g/mol. The summed E-state index contributed by atoms with van der Waals surface area (Å²) in [7, 11) is 0. The number of aromatic nitrogens is 2. The van der Waals surface area contributed by atoms with Gasteiger partial charge in [0.25, 0.3) is 5.56 Å². The lowest BCUT2D eigenvalue weighted by Crippen LogP contribution is -2.21. The van der Waals surface area contributed by atoms with Crippen LogP contribution in [0.15, 0.2) is 64.1 Å².